The molecule has 0 aliphatic heterocycles. The zero-order valence-electron chi connectivity index (χ0n) is 16.6. The first-order chi connectivity index (χ1) is 13.9. The van der Waals surface area contributed by atoms with E-state index in [4.69, 9.17) is 11.6 Å². The summed E-state index contributed by atoms with van der Waals surface area (Å²) >= 11 is 6.00. The first-order valence-corrected chi connectivity index (χ1v) is 12.3. The number of benzene rings is 2. The van der Waals surface area contributed by atoms with Crippen LogP contribution in [0.2, 0.25) is 5.02 Å². The van der Waals surface area contributed by atoms with E-state index in [2.05, 4.69) is 9.71 Å². The van der Waals surface area contributed by atoms with E-state index in [0.29, 0.717) is 0 Å². The fourth-order valence-corrected chi connectivity index (χ4v) is 5.59. The van der Waals surface area contributed by atoms with Gasteiger partial charge in [0, 0.05) is 17.4 Å². The van der Waals surface area contributed by atoms with Crippen molar-refractivity contribution in [1.82, 2.24) is 4.98 Å². The van der Waals surface area contributed by atoms with Gasteiger partial charge < -0.3 is 0 Å². The van der Waals surface area contributed by atoms with E-state index in [-0.39, 0.29) is 30.8 Å². The van der Waals surface area contributed by atoms with E-state index in [1.165, 1.54) is 54.9 Å². The van der Waals surface area contributed by atoms with Crippen LogP contribution in [0.15, 0.2) is 81.7 Å². The Bertz CT molecular complexity index is 1270. The highest BCUT2D eigenvalue weighted by Crippen LogP contribution is 2.32. The van der Waals surface area contributed by atoms with E-state index in [0.717, 1.165) is 5.56 Å². The van der Waals surface area contributed by atoms with Crippen molar-refractivity contribution >= 4 is 37.1 Å². The zero-order valence-corrected chi connectivity index (χ0v) is 19.0. The van der Waals surface area contributed by atoms with Crippen LogP contribution in [-0.2, 0) is 25.3 Å². The highest BCUT2D eigenvalue weighted by Gasteiger charge is 2.25. The molecule has 158 valence electrons. The summed E-state index contributed by atoms with van der Waals surface area (Å²) in [5, 5.41) is 0.167. The third-order valence-electron chi connectivity index (χ3n) is 4.47. The van der Waals surface area contributed by atoms with Crippen LogP contribution in [0.25, 0.3) is 0 Å². The van der Waals surface area contributed by atoms with Crippen LogP contribution in [0.3, 0.4) is 0 Å². The maximum absolute atomic E-state index is 13.1. The van der Waals surface area contributed by atoms with Crippen molar-refractivity contribution in [3.05, 3.63) is 77.6 Å². The van der Waals surface area contributed by atoms with Crippen LogP contribution in [-0.4, -0.2) is 21.8 Å². The largest absolute Gasteiger partial charge is 0.278 e. The highest BCUT2D eigenvalue weighted by atomic mass is 35.5. The molecule has 0 spiro atoms. The van der Waals surface area contributed by atoms with Crippen LogP contribution in [0.4, 0.5) is 5.69 Å². The molecule has 0 fully saturated rings. The Kier molecular flexibility index (Phi) is 5.95. The number of sulfone groups is 1. The normalized spacial score (nSPS) is 12.5. The molecule has 9 heteroatoms. The molecule has 1 N–H and O–H groups in total. The summed E-state index contributed by atoms with van der Waals surface area (Å²) in [5.41, 5.74) is 0.766. The molecule has 3 rings (SSSR count). The number of hydrogen-bond acceptors (Lipinski definition) is 5. The fraction of sp³-hybridized carbons (Fsp3) is 0.190. The minimum absolute atomic E-state index is 0.0188. The third-order valence-corrected chi connectivity index (χ3v) is 7.89. The molecule has 6 nitrogen and oxygen atoms in total. The van der Waals surface area contributed by atoms with Crippen molar-refractivity contribution in [2.24, 2.45) is 0 Å². The van der Waals surface area contributed by atoms with Gasteiger partial charge in [0.05, 0.1) is 20.4 Å². The number of nitrogens with zero attached hydrogens (tertiary/aromatic N) is 1. The second kappa shape index (κ2) is 8.02. The quantitative estimate of drug-likeness (QED) is 0.592. The summed E-state index contributed by atoms with van der Waals surface area (Å²) in [7, 11) is -8.05. The molecule has 0 unspecified atom stereocenters. The van der Waals surface area contributed by atoms with Crippen molar-refractivity contribution in [1.29, 1.82) is 0 Å². The van der Waals surface area contributed by atoms with Crippen LogP contribution >= 0.6 is 11.6 Å². The predicted octanol–water partition coefficient (Wildman–Crippen LogP) is 4.67. The average molecular weight is 465 g/mol. The molecule has 0 atom stereocenters. The molecule has 0 aliphatic rings. The minimum Gasteiger partial charge on any atom is -0.278 e. The number of anilines is 1. The summed E-state index contributed by atoms with van der Waals surface area (Å²) in [4.78, 5) is 3.58. The Morgan fingerprint density at radius 3 is 2.00 bits per heavy atom. The lowest BCUT2D eigenvalue weighted by Gasteiger charge is -2.19. The molecule has 0 saturated carbocycles. The van der Waals surface area contributed by atoms with Crippen molar-refractivity contribution < 1.29 is 16.8 Å². The third kappa shape index (κ3) is 4.66. The van der Waals surface area contributed by atoms with Gasteiger partial charge in [-0.2, -0.15) is 0 Å². The van der Waals surface area contributed by atoms with E-state index in [1.54, 1.807) is 12.1 Å². The molecule has 0 amide bonds. The minimum atomic E-state index is -4.02. The Morgan fingerprint density at radius 2 is 1.43 bits per heavy atom. The summed E-state index contributed by atoms with van der Waals surface area (Å²) in [6, 6.07) is 13.1. The Labute approximate surface area is 181 Å². The highest BCUT2D eigenvalue weighted by molar-refractivity contribution is 7.93. The van der Waals surface area contributed by atoms with Gasteiger partial charge in [-0.25, -0.2) is 16.8 Å². The van der Waals surface area contributed by atoms with Crippen LogP contribution < -0.4 is 4.72 Å². The molecule has 0 saturated heterocycles. The van der Waals surface area contributed by atoms with Crippen molar-refractivity contribution in [2.75, 3.05) is 4.72 Å². The van der Waals surface area contributed by atoms with Gasteiger partial charge in [-0.3, -0.25) is 9.71 Å². The van der Waals surface area contributed by atoms with Gasteiger partial charge in [0.25, 0.3) is 10.0 Å². The first-order valence-electron chi connectivity index (χ1n) is 8.99. The summed E-state index contributed by atoms with van der Waals surface area (Å²) in [6.07, 6.45) is 2.69. The lowest BCUT2D eigenvalue weighted by Crippen LogP contribution is -2.17. The lowest BCUT2D eigenvalue weighted by molar-refractivity contribution is 0.587. The molecule has 0 aliphatic carbocycles. The van der Waals surface area contributed by atoms with Gasteiger partial charge in [-0.05, 0) is 53.4 Å². The maximum atomic E-state index is 13.1. The smallest absolute Gasteiger partial charge is 0.261 e. The number of aromatic nitrogens is 1. The average Bonchev–Trinajstić information content (AvgIpc) is 2.69. The van der Waals surface area contributed by atoms with Crippen molar-refractivity contribution in [2.45, 2.75) is 40.9 Å². The molecule has 1 aromatic heterocycles. The molecule has 30 heavy (non-hydrogen) atoms. The van der Waals surface area contributed by atoms with Gasteiger partial charge in [0.1, 0.15) is 0 Å². The monoisotopic (exact) mass is 464 g/mol. The van der Waals surface area contributed by atoms with Gasteiger partial charge in [-0.15, -0.1) is 0 Å². The molecular weight excluding hydrogens is 444 g/mol. The van der Waals surface area contributed by atoms with Gasteiger partial charge in [0.2, 0.25) is 9.84 Å². The van der Waals surface area contributed by atoms with E-state index in [9.17, 15) is 16.8 Å². The van der Waals surface area contributed by atoms with Gasteiger partial charge >= 0.3 is 0 Å². The number of hydrogen-bond donors (Lipinski definition) is 1. The topological polar surface area (TPSA) is 93.2 Å². The van der Waals surface area contributed by atoms with Crippen LogP contribution in [0, 0.1) is 0 Å². The molecule has 3 aromatic rings. The number of rotatable bonds is 5. The molecule has 2 aromatic carbocycles. The zero-order chi connectivity index (χ0) is 22.2. The van der Waals surface area contributed by atoms with E-state index in [1.807, 2.05) is 20.8 Å². The van der Waals surface area contributed by atoms with E-state index >= 15 is 0 Å². The van der Waals surface area contributed by atoms with Gasteiger partial charge in [-0.1, -0.05) is 44.5 Å². The van der Waals surface area contributed by atoms with Crippen LogP contribution in [0.1, 0.15) is 26.3 Å². The second-order valence-electron chi connectivity index (χ2n) is 7.71. The predicted molar refractivity (Wildman–Crippen MR) is 117 cm³/mol. The number of sulfonamides is 1. The molecule has 1 heterocycles. The Hall–Kier alpha value is -2.42. The van der Waals surface area contributed by atoms with Crippen LogP contribution in [0.5, 0.6) is 0 Å². The molecule has 0 radical (unpaired) electrons. The molecular formula is C21H21ClN2O4S2. The van der Waals surface area contributed by atoms with Gasteiger partial charge in [0.15, 0.2) is 0 Å². The summed E-state index contributed by atoms with van der Waals surface area (Å²) < 4.78 is 54.3. The Balaban J connectivity index is 2.03. The van der Waals surface area contributed by atoms with Crippen molar-refractivity contribution in [3.8, 4) is 0 Å². The fourth-order valence-electron chi connectivity index (χ4n) is 2.78. The standard InChI is InChI=1S/C21H21ClN2O4S2/c1-21(2,3)15-4-7-18(8-5-15)30(27,28)24-19-9-6-16(22)14-20(19)29(25,26)17-10-12-23-13-11-17/h4-14,24H,1-3H3. The van der Waals surface area contributed by atoms with E-state index < -0.39 is 19.9 Å². The van der Waals surface area contributed by atoms with Crippen molar-refractivity contribution in [3.63, 3.8) is 0 Å². The number of halogens is 1. The molecule has 0 bridgehead atoms. The summed E-state index contributed by atoms with van der Waals surface area (Å²) in [5.74, 6) is 0. The summed E-state index contributed by atoms with van der Waals surface area (Å²) in [6.45, 7) is 6.08. The Morgan fingerprint density at radius 1 is 0.833 bits per heavy atom. The first kappa shape index (κ1) is 22.3. The second-order valence-corrected chi connectivity index (χ2v) is 11.7. The number of pyridine rings is 1. The SMILES string of the molecule is CC(C)(C)c1ccc(S(=O)(=O)Nc2ccc(Cl)cc2S(=O)(=O)c2ccncc2)cc1. The maximum Gasteiger partial charge on any atom is 0.261 e. The lowest BCUT2D eigenvalue weighted by atomic mass is 9.87. The number of nitrogens with one attached hydrogen (secondary N) is 1.